The topological polar surface area (TPSA) is 67.2 Å². The summed E-state index contributed by atoms with van der Waals surface area (Å²) in [5.41, 5.74) is 7.93. The van der Waals surface area contributed by atoms with Crippen molar-refractivity contribution in [3.63, 3.8) is 0 Å². The molecule has 1 aliphatic carbocycles. The van der Waals surface area contributed by atoms with E-state index in [1.165, 1.54) is 12.8 Å². The number of carbonyl (C=O) groups is 1. The smallest absolute Gasteiger partial charge is 0.226 e. The number of anilines is 2. The average molecular weight is 275 g/mol. The Morgan fingerprint density at radius 3 is 2.45 bits per heavy atom. The quantitative estimate of drug-likeness (QED) is 0.791. The lowest BCUT2D eigenvalue weighted by atomic mass is 9.91. The molecule has 0 aliphatic heterocycles. The van der Waals surface area contributed by atoms with Crippen LogP contribution in [0, 0.1) is 5.92 Å². The molecular formula is C16H25N3O. The molecule has 20 heavy (non-hydrogen) atoms. The van der Waals surface area contributed by atoms with Crippen LogP contribution < -0.4 is 16.4 Å². The largest absolute Gasteiger partial charge is 0.382 e. The highest BCUT2D eigenvalue weighted by molar-refractivity contribution is 5.92. The maximum Gasteiger partial charge on any atom is 0.226 e. The summed E-state index contributed by atoms with van der Waals surface area (Å²) in [6.07, 6.45) is 4.55. The summed E-state index contributed by atoms with van der Waals surface area (Å²) in [4.78, 5) is 11.6. The molecule has 0 saturated heterocycles. The third kappa shape index (κ3) is 4.23. The van der Waals surface area contributed by atoms with E-state index in [2.05, 4.69) is 10.6 Å². The van der Waals surface area contributed by atoms with E-state index < -0.39 is 0 Å². The second-order valence-corrected chi connectivity index (χ2v) is 5.99. The number of hydrogen-bond donors (Lipinski definition) is 3. The summed E-state index contributed by atoms with van der Waals surface area (Å²) in [5, 5.41) is 6.41. The Balaban J connectivity index is 1.89. The van der Waals surface area contributed by atoms with Crippen LogP contribution in [0.4, 0.5) is 11.4 Å². The Morgan fingerprint density at radius 2 is 1.85 bits per heavy atom. The van der Waals surface area contributed by atoms with E-state index >= 15 is 0 Å². The van der Waals surface area contributed by atoms with E-state index in [0.717, 1.165) is 24.2 Å². The fourth-order valence-electron chi connectivity index (χ4n) is 2.53. The molecule has 1 fully saturated rings. The van der Waals surface area contributed by atoms with Crippen LogP contribution in [0.5, 0.6) is 0 Å². The second-order valence-electron chi connectivity index (χ2n) is 5.99. The van der Waals surface area contributed by atoms with E-state index in [1.54, 1.807) is 0 Å². The first-order valence-corrected chi connectivity index (χ1v) is 7.47. The summed E-state index contributed by atoms with van der Waals surface area (Å²) in [7, 11) is 0. The third-order valence-corrected chi connectivity index (χ3v) is 3.76. The molecule has 2 atom stereocenters. The number of amides is 1. The van der Waals surface area contributed by atoms with E-state index in [1.807, 2.05) is 38.1 Å². The lowest BCUT2D eigenvalue weighted by Gasteiger charge is -2.28. The molecule has 0 radical (unpaired) electrons. The molecule has 1 aliphatic rings. The van der Waals surface area contributed by atoms with Gasteiger partial charge in [0.05, 0.1) is 0 Å². The summed E-state index contributed by atoms with van der Waals surface area (Å²) >= 11 is 0. The highest BCUT2D eigenvalue weighted by atomic mass is 16.1. The zero-order valence-electron chi connectivity index (χ0n) is 12.4. The molecule has 1 aromatic carbocycles. The number of hydrogen-bond acceptors (Lipinski definition) is 3. The SMILES string of the molecule is CC(C)C(=O)Nc1ccc(NC2CCCC(N)C2)cc1. The molecule has 0 bridgehead atoms. The van der Waals surface area contributed by atoms with Crippen molar-refractivity contribution in [1.29, 1.82) is 0 Å². The lowest BCUT2D eigenvalue weighted by Crippen LogP contribution is -2.34. The molecular weight excluding hydrogens is 250 g/mol. The zero-order valence-corrected chi connectivity index (χ0v) is 12.4. The lowest BCUT2D eigenvalue weighted by molar-refractivity contribution is -0.118. The first-order valence-electron chi connectivity index (χ1n) is 7.47. The van der Waals surface area contributed by atoms with Gasteiger partial charge in [-0.15, -0.1) is 0 Å². The van der Waals surface area contributed by atoms with Gasteiger partial charge < -0.3 is 16.4 Å². The van der Waals surface area contributed by atoms with Crippen molar-refractivity contribution in [1.82, 2.24) is 0 Å². The minimum atomic E-state index is -0.00321. The molecule has 1 saturated carbocycles. The van der Waals surface area contributed by atoms with Crippen LogP contribution in [0.3, 0.4) is 0 Å². The van der Waals surface area contributed by atoms with Gasteiger partial charge in [-0.3, -0.25) is 4.79 Å². The molecule has 110 valence electrons. The Labute approximate surface area is 121 Å². The maximum atomic E-state index is 11.6. The number of nitrogens with one attached hydrogen (secondary N) is 2. The molecule has 0 spiro atoms. The minimum Gasteiger partial charge on any atom is -0.382 e. The van der Waals surface area contributed by atoms with Crippen LogP contribution >= 0.6 is 0 Å². The van der Waals surface area contributed by atoms with Gasteiger partial charge in [-0.25, -0.2) is 0 Å². The average Bonchev–Trinajstić information content (AvgIpc) is 2.41. The van der Waals surface area contributed by atoms with Gasteiger partial charge in [-0.05, 0) is 49.9 Å². The van der Waals surface area contributed by atoms with Gasteiger partial charge in [0.2, 0.25) is 5.91 Å². The monoisotopic (exact) mass is 275 g/mol. The van der Waals surface area contributed by atoms with Gasteiger partial charge in [-0.1, -0.05) is 13.8 Å². The highest BCUT2D eigenvalue weighted by Crippen LogP contribution is 2.22. The first-order chi connectivity index (χ1) is 9.54. The van der Waals surface area contributed by atoms with Gasteiger partial charge in [0.25, 0.3) is 0 Å². The van der Waals surface area contributed by atoms with Crippen molar-refractivity contribution >= 4 is 17.3 Å². The number of benzene rings is 1. The maximum absolute atomic E-state index is 11.6. The second kappa shape index (κ2) is 6.75. The Bertz CT molecular complexity index is 442. The fraction of sp³-hybridized carbons (Fsp3) is 0.562. The summed E-state index contributed by atoms with van der Waals surface area (Å²) in [5.74, 6) is 0.0421. The summed E-state index contributed by atoms with van der Waals surface area (Å²) in [6.45, 7) is 3.77. The molecule has 2 rings (SSSR count). The first kappa shape index (κ1) is 14.9. The van der Waals surface area contributed by atoms with E-state index in [0.29, 0.717) is 12.1 Å². The Hall–Kier alpha value is -1.55. The van der Waals surface area contributed by atoms with Crippen molar-refractivity contribution in [2.75, 3.05) is 10.6 Å². The Morgan fingerprint density at radius 1 is 1.20 bits per heavy atom. The molecule has 4 N–H and O–H groups in total. The van der Waals surface area contributed by atoms with Gasteiger partial charge in [0.1, 0.15) is 0 Å². The van der Waals surface area contributed by atoms with Gasteiger partial charge in [0.15, 0.2) is 0 Å². The van der Waals surface area contributed by atoms with E-state index in [9.17, 15) is 4.79 Å². The van der Waals surface area contributed by atoms with Crippen molar-refractivity contribution in [2.24, 2.45) is 11.7 Å². The molecule has 1 amide bonds. The normalized spacial score (nSPS) is 22.6. The molecule has 2 unspecified atom stereocenters. The van der Waals surface area contributed by atoms with Crippen LogP contribution in [0.2, 0.25) is 0 Å². The zero-order chi connectivity index (χ0) is 14.5. The van der Waals surface area contributed by atoms with Crippen molar-refractivity contribution in [2.45, 2.75) is 51.6 Å². The number of rotatable bonds is 4. The van der Waals surface area contributed by atoms with Crippen LogP contribution in [-0.2, 0) is 4.79 Å². The molecule has 0 aromatic heterocycles. The molecule has 0 heterocycles. The highest BCUT2D eigenvalue weighted by Gasteiger charge is 2.18. The van der Waals surface area contributed by atoms with E-state index in [4.69, 9.17) is 5.73 Å². The van der Waals surface area contributed by atoms with Gasteiger partial charge >= 0.3 is 0 Å². The fourth-order valence-corrected chi connectivity index (χ4v) is 2.53. The number of carbonyl (C=O) groups excluding carboxylic acids is 1. The van der Waals surface area contributed by atoms with Gasteiger partial charge in [0, 0.05) is 29.4 Å². The summed E-state index contributed by atoms with van der Waals surface area (Å²) < 4.78 is 0. The van der Waals surface area contributed by atoms with Gasteiger partial charge in [-0.2, -0.15) is 0 Å². The number of nitrogens with two attached hydrogens (primary N) is 1. The standard InChI is InChI=1S/C16H25N3O/c1-11(2)16(20)19-14-8-6-13(7-9-14)18-15-5-3-4-12(17)10-15/h6-9,11-12,15,18H,3-5,10,17H2,1-2H3,(H,19,20). The minimum absolute atomic E-state index is 0.00321. The third-order valence-electron chi connectivity index (χ3n) is 3.76. The van der Waals surface area contributed by atoms with Crippen molar-refractivity contribution in [3.8, 4) is 0 Å². The molecule has 1 aromatic rings. The molecule has 4 nitrogen and oxygen atoms in total. The van der Waals surface area contributed by atoms with Crippen LogP contribution in [0.1, 0.15) is 39.5 Å². The molecule has 4 heteroatoms. The van der Waals surface area contributed by atoms with Crippen molar-refractivity contribution in [3.05, 3.63) is 24.3 Å². The predicted molar refractivity (Wildman–Crippen MR) is 83.8 cm³/mol. The van der Waals surface area contributed by atoms with Crippen molar-refractivity contribution < 1.29 is 4.79 Å². The summed E-state index contributed by atoms with van der Waals surface area (Å²) in [6, 6.07) is 8.68. The van der Waals surface area contributed by atoms with Crippen LogP contribution in [-0.4, -0.2) is 18.0 Å². The van der Waals surface area contributed by atoms with Crippen LogP contribution in [0.15, 0.2) is 24.3 Å². The predicted octanol–water partition coefficient (Wildman–Crippen LogP) is 2.96. The Kier molecular flexibility index (Phi) is 5.01. The van der Waals surface area contributed by atoms with Crippen LogP contribution in [0.25, 0.3) is 0 Å². The van der Waals surface area contributed by atoms with E-state index in [-0.39, 0.29) is 11.8 Å².